The SMILES string of the molecule is CNCC1CCc2nc(-c3ccc(Cl)c(Cl)c3)ncc2C1. The number of benzene rings is 1. The van der Waals surface area contributed by atoms with Crippen LogP contribution < -0.4 is 5.32 Å². The number of halogens is 2. The highest BCUT2D eigenvalue weighted by Crippen LogP contribution is 2.29. The quantitative estimate of drug-likeness (QED) is 0.935. The minimum atomic E-state index is 0.532. The number of rotatable bonds is 3. The van der Waals surface area contributed by atoms with Crippen LogP contribution in [0.2, 0.25) is 10.0 Å². The molecule has 1 heterocycles. The van der Waals surface area contributed by atoms with Gasteiger partial charge in [-0.3, -0.25) is 0 Å². The van der Waals surface area contributed by atoms with E-state index in [0.717, 1.165) is 30.8 Å². The lowest BCUT2D eigenvalue weighted by Gasteiger charge is -2.23. The van der Waals surface area contributed by atoms with E-state index >= 15 is 0 Å². The fraction of sp³-hybridized carbons (Fsp3) is 0.375. The third-order valence-corrected chi connectivity index (χ3v) is 4.66. The lowest BCUT2D eigenvalue weighted by Crippen LogP contribution is -2.25. The Balaban J connectivity index is 1.88. The monoisotopic (exact) mass is 321 g/mol. The van der Waals surface area contributed by atoms with Gasteiger partial charge in [0.15, 0.2) is 5.82 Å². The van der Waals surface area contributed by atoms with Crippen molar-refractivity contribution >= 4 is 23.2 Å². The van der Waals surface area contributed by atoms with E-state index in [1.807, 2.05) is 25.4 Å². The highest BCUT2D eigenvalue weighted by atomic mass is 35.5. The van der Waals surface area contributed by atoms with E-state index in [0.29, 0.717) is 16.0 Å². The molecule has 2 aromatic rings. The smallest absolute Gasteiger partial charge is 0.159 e. The first-order chi connectivity index (χ1) is 10.2. The van der Waals surface area contributed by atoms with Gasteiger partial charge in [0.05, 0.1) is 10.0 Å². The molecule has 1 aliphatic carbocycles. The van der Waals surface area contributed by atoms with Crippen LogP contribution in [0.3, 0.4) is 0 Å². The largest absolute Gasteiger partial charge is 0.319 e. The van der Waals surface area contributed by atoms with Gasteiger partial charge in [-0.05, 0) is 62.5 Å². The maximum absolute atomic E-state index is 6.07. The van der Waals surface area contributed by atoms with Crippen molar-refractivity contribution < 1.29 is 0 Å². The van der Waals surface area contributed by atoms with Gasteiger partial charge in [-0.25, -0.2) is 9.97 Å². The summed E-state index contributed by atoms with van der Waals surface area (Å²) in [5.74, 6) is 1.40. The lowest BCUT2D eigenvalue weighted by atomic mass is 9.87. The molecule has 0 spiro atoms. The van der Waals surface area contributed by atoms with Crippen LogP contribution in [-0.2, 0) is 12.8 Å². The molecule has 1 aromatic carbocycles. The Morgan fingerprint density at radius 3 is 2.90 bits per heavy atom. The Hall–Kier alpha value is -1.16. The molecule has 1 aliphatic rings. The molecule has 21 heavy (non-hydrogen) atoms. The number of nitrogens with one attached hydrogen (secondary N) is 1. The van der Waals surface area contributed by atoms with E-state index in [2.05, 4.69) is 10.3 Å². The van der Waals surface area contributed by atoms with Gasteiger partial charge in [0, 0.05) is 17.5 Å². The Morgan fingerprint density at radius 1 is 1.29 bits per heavy atom. The summed E-state index contributed by atoms with van der Waals surface area (Å²) in [5, 5.41) is 4.33. The third-order valence-electron chi connectivity index (χ3n) is 3.92. The van der Waals surface area contributed by atoms with Crippen molar-refractivity contribution in [1.82, 2.24) is 15.3 Å². The molecular weight excluding hydrogens is 305 g/mol. The molecule has 0 saturated heterocycles. The molecule has 5 heteroatoms. The number of aromatic nitrogens is 2. The average molecular weight is 322 g/mol. The average Bonchev–Trinajstić information content (AvgIpc) is 2.50. The maximum atomic E-state index is 6.07. The summed E-state index contributed by atoms with van der Waals surface area (Å²) in [6, 6.07) is 5.51. The summed E-state index contributed by atoms with van der Waals surface area (Å²) in [4.78, 5) is 9.21. The molecule has 0 saturated carbocycles. The second-order valence-corrected chi connectivity index (χ2v) is 6.28. The van der Waals surface area contributed by atoms with Gasteiger partial charge >= 0.3 is 0 Å². The highest BCUT2D eigenvalue weighted by Gasteiger charge is 2.20. The normalized spacial score (nSPS) is 17.6. The summed E-state index contributed by atoms with van der Waals surface area (Å²) in [6.45, 7) is 1.05. The Bertz CT molecular complexity index is 658. The molecule has 0 radical (unpaired) electrons. The van der Waals surface area contributed by atoms with Gasteiger partial charge < -0.3 is 5.32 Å². The summed E-state index contributed by atoms with van der Waals surface area (Å²) >= 11 is 12.0. The maximum Gasteiger partial charge on any atom is 0.159 e. The fourth-order valence-corrected chi connectivity index (χ4v) is 3.12. The van der Waals surface area contributed by atoms with Crippen LogP contribution in [-0.4, -0.2) is 23.6 Å². The van der Waals surface area contributed by atoms with Crippen molar-refractivity contribution in [3.05, 3.63) is 45.7 Å². The minimum absolute atomic E-state index is 0.532. The van der Waals surface area contributed by atoms with E-state index in [1.54, 1.807) is 6.07 Å². The van der Waals surface area contributed by atoms with E-state index in [9.17, 15) is 0 Å². The molecule has 0 aliphatic heterocycles. The molecule has 0 amide bonds. The third kappa shape index (κ3) is 3.20. The number of hydrogen-bond acceptors (Lipinski definition) is 3. The summed E-state index contributed by atoms with van der Waals surface area (Å²) < 4.78 is 0. The van der Waals surface area contributed by atoms with Crippen molar-refractivity contribution in [3.8, 4) is 11.4 Å². The number of fused-ring (bicyclic) bond motifs is 1. The van der Waals surface area contributed by atoms with Gasteiger partial charge in [0.2, 0.25) is 0 Å². The van der Waals surface area contributed by atoms with Gasteiger partial charge in [-0.2, -0.15) is 0 Å². The second-order valence-electron chi connectivity index (χ2n) is 5.46. The Labute approximate surface area is 134 Å². The molecule has 1 atom stereocenters. The van der Waals surface area contributed by atoms with Crippen LogP contribution in [0.1, 0.15) is 17.7 Å². The van der Waals surface area contributed by atoms with Crippen LogP contribution in [0.4, 0.5) is 0 Å². The minimum Gasteiger partial charge on any atom is -0.319 e. The van der Waals surface area contributed by atoms with Crippen LogP contribution >= 0.6 is 23.2 Å². The molecule has 3 nitrogen and oxygen atoms in total. The lowest BCUT2D eigenvalue weighted by molar-refractivity contribution is 0.434. The molecule has 3 rings (SSSR count). The second kappa shape index (κ2) is 6.30. The van der Waals surface area contributed by atoms with E-state index in [4.69, 9.17) is 28.2 Å². The predicted octanol–water partition coefficient (Wildman–Crippen LogP) is 3.77. The van der Waals surface area contributed by atoms with Crippen molar-refractivity contribution in [2.45, 2.75) is 19.3 Å². The van der Waals surface area contributed by atoms with Gasteiger partial charge in [-0.1, -0.05) is 23.2 Å². The van der Waals surface area contributed by atoms with Crippen molar-refractivity contribution in [2.75, 3.05) is 13.6 Å². The fourth-order valence-electron chi connectivity index (χ4n) is 2.82. The summed E-state index contributed by atoms with van der Waals surface area (Å²) in [7, 11) is 2.00. The predicted molar refractivity (Wildman–Crippen MR) is 86.9 cm³/mol. The van der Waals surface area contributed by atoms with Crippen molar-refractivity contribution in [1.29, 1.82) is 0 Å². The van der Waals surface area contributed by atoms with Crippen molar-refractivity contribution in [2.24, 2.45) is 5.92 Å². The zero-order valence-corrected chi connectivity index (χ0v) is 13.4. The van der Waals surface area contributed by atoms with Crippen molar-refractivity contribution in [3.63, 3.8) is 0 Å². The number of nitrogens with zero attached hydrogens (tertiary/aromatic N) is 2. The van der Waals surface area contributed by atoms with Crippen LogP contribution in [0.5, 0.6) is 0 Å². The number of hydrogen-bond donors (Lipinski definition) is 1. The van der Waals surface area contributed by atoms with Gasteiger partial charge in [0.25, 0.3) is 0 Å². The molecule has 0 bridgehead atoms. The molecule has 0 fully saturated rings. The molecular formula is C16H17Cl2N3. The van der Waals surface area contributed by atoms with Gasteiger partial charge in [0.1, 0.15) is 0 Å². The highest BCUT2D eigenvalue weighted by molar-refractivity contribution is 6.42. The zero-order chi connectivity index (χ0) is 14.8. The summed E-state index contributed by atoms with van der Waals surface area (Å²) in [6.07, 6.45) is 5.20. The molecule has 110 valence electrons. The zero-order valence-electron chi connectivity index (χ0n) is 11.9. The molecule has 1 N–H and O–H groups in total. The molecule has 1 unspecified atom stereocenters. The topological polar surface area (TPSA) is 37.8 Å². The number of aryl methyl sites for hydroxylation is 1. The van der Waals surface area contributed by atoms with E-state index in [1.165, 1.54) is 17.7 Å². The van der Waals surface area contributed by atoms with Gasteiger partial charge in [-0.15, -0.1) is 0 Å². The van der Waals surface area contributed by atoms with E-state index < -0.39 is 0 Å². The Kier molecular flexibility index (Phi) is 4.43. The first kappa shape index (κ1) is 14.8. The Morgan fingerprint density at radius 2 is 2.14 bits per heavy atom. The first-order valence-electron chi connectivity index (χ1n) is 7.12. The van der Waals surface area contributed by atoms with E-state index in [-0.39, 0.29) is 0 Å². The standard InChI is InChI=1S/C16H17Cl2N3/c1-19-8-10-2-5-15-12(6-10)9-20-16(21-15)11-3-4-13(17)14(18)7-11/h3-4,7,9-10,19H,2,5-6,8H2,1H3. The van der Waals surface area contributed by atoms with Crippen LogP contribution in [0.25, 0.3) is 11.4 Å². The van der Waals surface area contributed by atoms with Crippen LogP contribution in [0, 0.1) is 5.92 Å². The summed E-state index contributed by atoms with van der Waals surface area (Å²) in [5.41, 5.74) is 3.34. The molecule has 1 aromatic heterocycles. The van der Waals surface area contributed by atoms with Crippen LogP contribution in [0.15, 0.2) is 24.4 Å². The first-order valence-corrected chi connectivity index (χ1v) is 7.88.